The van der Waals surface area contributed by atoms with Crippen molar-refractivity contribution in [3.63, 3.8) is 0 Å². The number of fused-ring (bicyclic) bond motifs is 1. The van der Waals surface area contributed by atoms with Gasteiger partial charge in [0.15, 0.2) is 0 Å². The van der Waals surface area contributed by atoms with Crippen LogP contribution >= 0.6 is 11.3 Å². The summed E-state index contributed by atoms with van der Waals surface area (Å²) in [5.74, 6) is -1.86. The normalized spacial score (nSPS) is 11.3. The molecule has 3 heterocycles. The summed E-state index contributed by atoms with van der Waals surface area (Å²) in [5.41, 5.74) is 4.40. The molecule has 0 atom stereocenters. The van der Waals surface area contributed by atoms with Gasteiger partial charge in [0.1, 0.15) is 11.4 Å². The van der Waals surface area contributed by atoms with Crippen molar-refractivity contribution < 1.29 is 27.8 Å². The molecular weight excluding hydrogens is 429 g/mol. The molecule has 31 heavy (non-hydrogen) atoms. The molecule has 1 N–H and O–H groups in total. The van der Waals surface area contributed by atoms with Gasteiger partial charge in [-0.15, -0.1) is 11.3 Å². The lowest BCUT2D eigenvalue weighted by atomic mass is 10.1. The molecular formula is C22H19F3N2O3S. The minimum atomic E-state index is -5.08. The van der Waals surface area contributed by atoms with Crippen LogP contribution in [-0.4, -0.2) is 32.7 Å². The van der Waals surface area contributed by atoms with Crippen molar-refractivity contribution >= 4 is 23.0 Å². The molecule has 9 heteroatoms. The number of hydrogen-bond donors (Lipinski definition) is 1. The van der Waals surface area contributed by atoms with Crippen molar-refractivity contribution in [2.24, 2.45) is 0 Å². The standard InChI is InChI=1S/C20H18N2OS.C2HF3O2/c1-14(2)23-17-7-5-15(6-8-17)16-9-10-22-18(13-21-20(22)12-16)19-4-3-11-24-19;3-2(4,5)1(6)7/h3-14H,1-2H3;(H,6,7). The predicted molar refractivity (Wildman–Crippen MR) is 113 cm³/mol. The quantitative estimate of drug-likeness (QED) is 0.407. The number of carboxylic acid groups (broad SMARTS) is 1. The fraction of sp³-hybridized carbons (Fsp3) is 0.182. The molecule has 4 rings (SSSR count). The van der Waals surface area contributed by atoms with E-state index in [2.05, 4.69) is 57.4 Å². The van der Waals surface area contributed by atoms with Gasteiger partial charge in [-0.1, -0.05) is 18.2 Å². The molecule has 4 aromatic rings. The van der Waals surface area contributed by atoms with Crippen LogP contribution in [-0.2, 0) is 4.79 Å². The van der Waals surface area contributed by atoms with Crippen LogP contribution in [0.1, 0.15) is 13.8 Å². The average Bonchev–Trinajstić information content (AvgIpc) is 3.37. The largest absolute Gasteiger partial charge is 0.491 e. The molecule has 5 nitrogen and oxygen atoms in total. The second-order valence-corrected chi connectivity index (χ2v) is 7.71. The third-order valence-corrected chi connectivity index (χ3v) is 4.98. The van der Waals surface area contributed by atoms with E-state index in [9.17, 15) is 13.2 Å². The van der Waals surface area contributed by atoms with Crippen LogP contribution in [0.3, 0.4) is 0 Å². The number of pyridine rings is 1. The number of rotatable bonds is 4. The number of carboxylic acids is 1. The molecule has 1 aromatic carbocycles. The Labute approximate surface area is 180 Å². The lowest BCUT2D eigenvalue weighted by Gasteiger charge is -2.10. The maximum atomic E-state index is 10.6. The minimum absolute atomic E-state index is 0.188. The van der Waals surface area contributed by atoms with Crippen LogP contribution < -0.4 is 4.74 Å². The summed E-state index contributed by atoms with van der Waals surface area (Å²) in [4.78, 5) is 14.7. The van der Waals surface area contributed by atoms with E-state index in [0.717, 1.165) is 28.2 Å². The van der Waals surface area contributed by atoms with Gasteiger partial charge in [0, 0.05) is 6.20 Å². The maximum Gasteiger partial charge on any atom is 0.490 e. The highest BCUT2D eigenvalue weighted by Gasteiger charge is 2.38. The molecule has 0 saturated carbocycles. The van der Waals surface area contributed by atoms with Gasteiger partial charge in [0.05, 0.1) is 22.9 Å². The van der Waals surface area contributed by atoms with Crippen molar-refractivity contribution in [3.05, 3.63) is 66.3 Å². The number of nitrogens with zero attached hydrogens (tertiary/aromatic N) is 2. The van der Waals surface area contributed by atoms with Gasteiger partial charge >= 0.3 is 12.1 Å². The van der Waals surface area contributed by atoms with Crippen LogP contribution in [0.2, 0.25) is 0 Å². The summed E-state index contributed by atoms with van der Waals surface area (Å²) in [5, 5.41) is 9.21. The Morgan fingerprint density at radius 3 is 2.35 bits per heavy atom. The smallest absolute Gasteiger partial charge is 0.490 e. The third kappa shape index (κ3) is 5.64. The zero-order chi connectivity index (χ0) is 22.6. The zero-order valence-electron chi connectivity index (χ0n) is 16.6. The maximum absolute atomic E-state index is 10.6. The predicted octanol–water partition coefficient (Wildman–Crippen LogP) is 6.15. The Balaban J connectivity index is 0.000000339. The van der Waals surface area contributed by atoms with Crippen LogP contribution in [0.4, 0.5) is 13.2 Å². The van der Waals surface area contributed by atoms with E-state index in [1.807, 2.05) is 32.2 Å². The summed E-state index contributed by atoms with van der Waals surface area (Å²) in [6.45, 7) is 4.07. The van der Waals surface area contributed by atoms with Gasteiger partial charge in [-0.05, 0) is 60.7 Å². The summed E-state index contributed by atoms with van der Waals surface area (Å²) in [6.07, 6.45) is -0.872. The first-order valence-electron chi connectivity index (χ1n) is 9.23. The monoisotopic (exact) mass is 448 g/mol. The molecule has 0 bridgehead atoms. The summed E-state index contributed by atoms with van der Waals surface area (Å²) >= 11 is 1.73. The second kappa shape index (κ2) is 9.22. The van der Waals surface area contributed by atoms with Gasteiger partial charge in [-0.25, -0.2) is 9.78 Å². The number of thiophene rings is 1. The van der Waals surface area contributed by atoms with Gasteiger partial charge in [-0.2, -0.15) is 13.2 Å². The van der Waals surface area contributed by atoms with Gasteiger partial charge in [0.25, 0.3) is 0 Å². The minimum Gasteiger partial charge on any atom is -0.491 e. The molecule has 162 valence electrons. The molecule has 0 aliphatic carbocycles. The number of halogens is 3. The molecule has 0 unspecified atom stereocenters. The summed E-state index contributed by atoms with van der Waals surface area (Å²) in [6, 6.07) is 16.6. The molecule has 3 aromatic heterocycles. The Bertz CT molecular complexity index is 1150. The number of benzene rings is 1. The number of imidazole rings is 1. The Morgan fingerprint density at radius 1 is 1.13 bits per heavy atom. The summed E-state index contributed by atoms with van der Waals surface area (Å²) < 4.78 is 39.6. The van der Waals surface area contributed by atoms with Crippen LogP contribution in [0.15, 0.2) is 66.3 Å². The molecule has 0 amide bonds. The summed E-state index contributed by atoms with van der Waals surface area (Å²) in [7, 11) is 0. The van der Waals surface area contributed by atoms with E-state index < -0.39 is 12.1 Å². The van der Waals surface area contributed by atoms with Gasteiger partial charge in [-0.3, -0.25) is 4.40 Å². The highest BCUT2D eigenvalue weighted by molar-refractivity contribution is 7.13. The SMILES string of the molecule is CC(C)Oc1ccc(-c2ccn3c(-c4cccs4)cnc3c2)cc1.O=C(O)C(F)(F)F. The van der Waals surface area contributed by atoms with Crippen LogP contribution in [0.5, 0.6) is 5.75 Å². The van der Waals surface area contributed by atoms with Crippen LogP contribution in [0, 0.1) is 0 Å². The number of hydrogen-bond acceptors (Lipinski definition) is 4. The average molecular weight is 448 g/mol. The third-order valence-electron chi connectivity index (χ3n) is 4.09. The Morgan fingerprint density at radius 2 is 1.81 bits per heavy atom. The first-order valence-corrected chi connectivity index (χ1v) is 10.1. The Kier molecular flexibility index (Phi) is 6.65. The lowest BCUT2D eigenvalue weighted by molar-refractivity contribution is -0.192. The van der Waals surface area contributed by atoms with Gasteiger partial charge in [0.2, 0.25) is 0 Å². The Hall–Kier alpha value is -3.33. The van der Waals surface area contributed by atoms with Crippen molar-refractivity contribution in [3.8, 4) is 27.4 Å². The fourth-order valence-corrected chi connectivity index (χ4v) is 3.50. The van der Waals surface area contributed by atoms with E-state index in [4.69, 9.17) is 14.6 Å². The van der Waals surface area contributed by atoms with Crippen LogP contribution in [0.25, 0.3) is 27.3 Å². The first kappa shape index (κ1) is 22.4. The highest BCUT2D eigenvalue weighted by atomic mass is 32.1. The lowest BCUT2D eigenvalue weighted by Crippen LogP contribution is -2.21. The van der Waals surface area contributed by atoms with E-state index >= 15 is 0 Å². The molecule has 0 saturated heterocycles. The van der Waals surface area contributed by atoms with Crippen molar-refractivity contribution in [2.45, 2.75) is 26.1 Å². The van der Waals surface area contributed by atoms with E-state index in [0.29, 0.717) is 0 Å². The number of aromatic nitrogens is 2. The highest BCUT2D eigenvalue weighted by Crippen LogP contribution is 2.28. The molecule has 0 radical (unpaired) electrons. The van der Waals surface area contributed by atoms with Crippen molar-refractivity contribution in [1.82, 2.24) is 9.38 Å². The van der Waals surface area contributed by atoms with Crippen molar-refractivity contribution in [2.75, 3.05) is 0 Å². The first-order chi connectivity index (χ1) is 14.6. The molecule has 0 aliphatic heterocycles. The topological polar surface area (TPSA) is 63.8 Å². The second-order valence-electron chi connectivity index (χ2n) is 6.76. The number of ether oxygens (including phenoxy) is 1. The molecule has 0 aliphatic rings. The number of carbonyl (C=O) groups is 1. The van der Waals surface area contributed by atoms with Gasteiger partial charge < -0.3 is 9.84 Å². The molecule has 0 spiro atoms. The molecule has 0 fully saturated rings. The van der Waals surface area contributed by atoms with E-state index in [1.165, 1.54) is 4.88 Å². The number of aliphatic carboxylic acids is 1. The fourth-order valence-electron chi connectivity index (χ4n) is 2.76. The van der Waals surface area contributed by atoms with E-state index in [1.54, 1.807) is 11.3 Å². The van der Waals surface area contributed by atoms with E-state index in [-0.39, 0.29) is 6.10 Å². The number of alkyl halides is 3. The zero-order valence-corrected chi connectivity index (χ0v) is 17.4. The van der Waals surface area contributed by atoms with Crippen molar-refractivity contribution in [1.29, 1.82) is 0 Å².